The van der Waals surface area contributed by atoms with Gasteiger partial charge in [-0.2, -0.15) is 0 Å². The number of benzene rings is 2. The second-order valence-electron chi connectivity index (χ2n) is 7.94. The molecule has 0 saturated carbocycles. The molecule has 0 aromatic heterocycles. The van der Waals surface area contributed by atoms with Crippen LogP contribution in [0.4, 0.5) is 5.69 Å². The maximum absolute atomic E-state index is 11.9. The van der Waals surface area contributed by atoms with Gasteiger partial charge in [0, 0.05) is 23.7 Å². The van der Waals surface area contributed by atoms with Crippen LogP contribution in [0.25, 0.3) is 0 Å². The molecule has 3 rings (SSSR count). The van der Waals surface area contributed by atoms with Crippen LogP contribution in [0.3, 0.4) is 0 Å². The first-order chi connectivity index (χ1) is 14.5. The van der Waals surface area contributed by atoms with Crippen LogP contribution in [0.15, 0.2) is 30.3 Å². The summed E-state index contributed by atoms with van der Waals surface area (Å²) in [5, 5.41) is 36.4. The largest absolute Gasteiger partial charge is 0.508 e. The Hall–Kier alpha value is -2.52. The van der Waals surface area contributed by atoms with Gasteiger partial charge in [0.2, 0.25) is 0 Å². The molecule has 166 valence electrons. The summed E-state index contributed by atoms with van der Waals surface area (Å²) in [6, 6.07) is 7.85. The van der Waals surface area contributed by atoms with Crippen molar-refractivity contribution in [2.45, 2.75) is 38.0 Å². The van der Waals surface area contributed by atoms with Gasteiger partial charge in [-0.05, 0) is 44.0 Å². The number of aliphatic hydroxyl groups is 1. The molecule has 8 nitrogen and oxygen atoms in total. The number of aromatic hydroxyl groups is 1. The number of β-amino-alcohol motifs (C(OH)–C–C–N with tert-alkyl or cyclic N) is 1. The first-order valence-electron chi connectivity index (χ1n) is 9.41. The van der Waals surface area contributed by atoms with Crippen LogP contribution in [0.5, 0.6) is 11.5 Å². The van der Waals surface area contributed by atoms with E-state index in [0.29, 0.717) is 16.5 Å². The minimum Gasteiger partial charge on any atom is -0.508 e. The Balaban J connectivity index is 1.76. The highest BCUT2D eigenvalue weighted by Gasteiger charge is 2.36. The van der Waals surface area contributed by atoms with Crippen LogP contribution in [0.1, 0.15) is 31.1 Å². The highest BCUT2D eigenvalue weighted by molar-refractivity contribution is 6.42. The van der Waals surface area contributed by atoms with Crippen molar-refractivity contribution in [2.75, 3.05) is 11.9 Å². The maximum Gasteiger partial charge on any atom is 0.354 e. The second kappa shape index (κ2) is 8.92. The molecule has 5 N–H and O–H groups in total. The number of anilines is 1. The number of carbonyl (C=O) groups excluding carboxylic acids is 1. The first-order valence-corrected chi connectivity index (χ1v) is 10.2. The predicted octanol–water partition coefficient (Wildman–Crippen LogP) is 3.13. The number of nitrogens with one attached hydrogen (secondary N) is 2. The third kappa shape index (κ3) is 5.40. The number of phenolic OH excluding ortho intramolecular Hbond substituents is 1. The van der Waals surface area contributed by atoms with Crippen molar-refractivity contribution in [3.63, 3.8) is 0 Å². The van der Waals surface area contributed by atoms with Gasteiger partial charge in [-0.25, -0.2) is 4.79 Å². The van der Waals surface area contributed by atoms with Crippen LogP contribution >= 0.6 is 23.2 Å². The highest BCUT2D eigenvalue weighted by atomic mass is 35.5. The van der Waals surface area contributed by atoms with Gasteiger partial charge in [0.15, 0.2) is 5.75 Å². The topological polar surface area (TPSA) is 128 Å². The third-order valence-electron chi connectivity index (χ3n) is 4.82. The van der Waals surface area contributed by atoms with Gasteiger partial charge in [0.1, 0.15) is 5.75 Å². The highest BCUT2D eigenvalue weighted by Crippen LogP contribution is 2.40. The molecule has 0 spiro atoms. The number of ether oxygens (including phenoxy) is 1. The summed E-state index contributed by atoms with van der Waals surface area (Å²) in [6.45, 7) is 3.95. The summed E-state index contributed by atoms with van der Waals surface area (Å²) < 4.78 is 5.33. The van der Waals surface area contributed by atoms with E-state index in [0.717, 1.165) is 5.56 Å². The molecular formula is C21H22Cl2N2O6. The Morgan fingerprint density at radius 3 is 2.61 bits per heavy atom. The van der Waals surface area contributed by atoms with E-state index in [2.05, 4.69) is 10.6 Å². The van der Waals surface area contributed by atoms with Gasteiger partial charge in [-0.1, -0.05) is 29.3 Å². The smallest absolute Gasteiger partial charge is 0.354 e. The molecule has 0 radical (unpaired) electrons. The van der Waals surface area contributed by atoms with Crippen LogP contribution in [0.2, 0.25) is 10.0 Å². The van der Waals surface area contributed by atoms with E-state index >= 15 is 0 Å². The number of hydrogen-bond donors (Lipinski definition) is 5. The summed E-state index contributed by atoms with van der Waals surface area (Å²) in [5.41, 5.74) is 0.741. The Morgan fingerprint density at radius 2 is 1.97 bits per heavy atom. The fraction of sp³-hybridized carbons (Fsp3) is 0.333. The van der Waals surface area contributed by atoms with Gasteiger partial charge >= 0.3 is 5.97 Å². The van der Waals surface area contributed by atoms with E-state index in [4.69, 9.17) is 27.9 Å². The molecule has 1 amide bonds. The molecular weight excluding hydrogens is 447 g/mol. The Kier molecular flexibility index (Phi) is 6.66. The number of carbonyl (C=O) groups is 2. The van der Waals surface area contributed by atoms with E-state index in [1.807, 2.05) is 19.9 Å². The lowest BCUT2D eigenvalue weighted by atomic mass is 9.94. The molecule has 2 unspecified atom stereocenters. The third-order valence-corrected chi connectivity index (χ3v) is 5.56. The zero-order valence-electron chi connectivity index (χ0n) is 16.8. The molecule has 2 aromatic carbocycles. The summed E-state index contributed by atoms with van der Waals surface area (Å²) in [6.07, 6.45) is -2.32. The number of carboxylic acids is 1. The lowest BCUT2D eigenvalue weighted by Gasteiger charge is -2.30. The van der Waals surface area contributed by atoms with E-state index in [1.54, 1.807) is 12.1 Å². The van der Waals surface area contributed by atoms with E-state index in [1.165, 1.54) is 12.1 Å². The number of phenols is 1. The second-order valence-corrected chi connectivity index (χ2v) is 8.76. The number of carboxylic acid groups (broad SMARTS) is 1. The van der Waals surface area contributed by atoms with Crippen LogP contribution in [-0.2, 0) is 16.0 Å². The molecule has 1 aliphatic rings. The molecule has 2 atom stereocenters. The van der Waals surface area contributed by atoms with Crippen molar-refractivity contribution < 1.29 is 29.6 Å². The zero-order chi connectivity index (χ0) is 22.9. The molecule has 10 heteroatoms. The van der Waals surface area contributed by atoms with Crippen molar-refractivity contribution >= 4 is 40.8 Å². The number of halogens is 2. The first kappa shape index (κ1) is 23.1. The zero-order valence-corrected chi connectivity index (χ0v) is 18.3. The summed E-state index contributed by atoms with van der Waals surface area (Å²) in [7, 11) is 0. The molecule has 1 aliphatic heterocycles. The average molecular weight is 469 g/mol. The number of hydrogen-bond acceptors (Lipinski definition) is 6. The molecule has 0 saturated heterocycles. The normalized spacial score (nSPS) is 16.8. The number of aliphatic carboxylic acids is 1. The van der Waals surface area contributed by atoms with Crippen LogP contribution in [-0.4, -0.2) is 45.4 Å². The van der Waals surface area contributed by atoms with E-state index in [9.17, 15) is 24.9 Å². The minimum absolute atomic E-state index is 0.00129. The van der Waals surface area contributed by atoms with Gasteiger partial charge in [0.25, 0.3) is 12.0 Å². The molecule has 0 aliphatic carbocycles. The lowest BCUT2D eigenvalue weighted by molar-refractivity contribution is -0.149. The standard InChI is InChI=1S/C21H22Cl2N2O6/c1-21(2,8-10-3-4-13(22)14(23)5-10)24-9-16(27)12-6-11(26)7-15-17(12)31-18(20(29)30)19(28)25-15/h3-7,16,18,24,26-27H,8-9H2,1-2H3,(H,25,28)(H,29,30). The van der Waals surface area contributed by atoms with Crippen molar-refractivity contribution in [1.82, 2.24) is 5.32 Å². The summed E-state index contributed by atoms with van der Waals surface area (Å²) >= 11 is 12.0. The number of aliphatic hydroxyl groups excluding tert-OH is 1. The maximum atomic E-state index is 11.9. The van der Waals surface area contributed by atoms with Crippen molar-refractivity contribution in [3.8, 4) is 11.5 Å². The Labute approximate surface area is 188 Å². The minimum atomic E-state index is -1.75. The molecule has 0 fully saturated rings. The number of rotatable bonds is 7. The quantitative estimate of drug-likeness (QED) is 0.394. The van der Waals surface area contributed by atoms with Crippen LogP contribution in [0, 0.1) is 0 Å². The number of amides is 1. The Morgan fingerprint density at radius 1 is 1.26 bits per heavy atom. The SMILES string of the molecule is CC(C)(Cc1ccc(Cl)c(Cl)c1)NCC(O)c1cc(O)cc2c1OC(C(=O)O)C(=O)N2. The van der Waals surface area contributed by atoms with Crippen molar-refractivity contribution in [1.29, 1.82) is 0 Å². The van der Waals surface area contributed by atoms with E-state index in [-0.39, 0.29) is 29.3 Å². The summed E-state index contributed by atoms with van der Waals surface area (Å²) in [5.74, 6) is -2.54. The fourth-order valence-corrected chi connectivity index (χ4v) is 3.67. The monoisotopic (exact) mass is 468 g/mol. The lowest BCUT2D eigenvalue weighted by Crippen LogP contribution is -2.44. The number of fused-ring (bicyclic) bond motifs is 1. The average Bonchev–Trinajstić information content (AvgIpc) is 2.67. The Bertz CT molecular complexity index is 1030. The molecule has 0 bridgehead atoms. The molecule has 2 aromatic rings. The predicted molar refractivity (Wildman–Crippen MR) is 116 cm³/mol. The summed E-state index contributed by atoms with van der Waals surface area (Å²) in [4.78, 5) is 23.1. The van der Waals surface area contributed by atoms with E-state index < -0.39 is 29.6 Å². The van der Waals surface area contributed by atoms with Crippen LogP contribution < -0.4 is 15.4 Å². The fourth-order valence-electron chi connectivity index (χ4n) is 3.34. The van der Waals surface area contributed by atoms with Gasteiger partial charge in [-0.3, -0.25) is 4.79 Å². The van der Waals surface area contributed by atoms with Gasteiger partial charge in [0.05, 0.1) is 21.8 Å². The van der Waals surface area contributed by atoms with Crippen molar-refractivity contribution in [2.24, 2.45) is 0 Å². The van der Waals surface area contributed by atoms with Crippen molar-refractivity contribution in [3.05, 3.63) is 51.5 Å². The van der Waals surface area contributed by atoms with Gasteiger partial charge < -0.3 is 30.7 Å². The van der Waals surface area contributed by atoms with Gasteiger partial charge in [-0.15, -0.1) is 0 Å². The molecule has 1 heterocycles. The molecule has 31 heavy (non-hydrogen) atoms.